The molecule has 1 unspecified atom stereocenters. The van der Waals surface area contributed by atoms with E-state index in [1.54, 1.807) is 18.2 Å². The fourth-order valence-corrected chi connectivity index (χ4v) is 0.771. The monoisotopic (exact) mass is 175 g/mol. The molecular weight excluding hydrogens is 168 g/mol. The van der Waals surface area contributed by atoms with Crippen molar-refractivity contribution < 1.29 is 15.0 Å². The van der Waals surface area contributed by atoms with Gasteiger partial charge in [0, 0.05) is 0 Å². The number of carbonyl (C=O) groups excluding carboxylic acids is 1. The Labute approximate surface area is 86.2 Å². The van der Waals surface area contributed by atoms with Gasteiger partial charge in [-0.05, 0) is 5.56 Å². The first-order chi connectivity index (χ1) is 5.22. The van der Waals surface area contributed by atoms with Crippen molar-refractivity contribution in [1.82, 2.24) is 0 Å². The smallest absolute Gasteiger partial charge is 0.547 e. The summed E-state index contributed by atoms with van der Waals surface area (Å²) >= 11 is 0. The molecule has 1 aromatic carbocycles. The van der Waals surface area contributed by atoms with Gasteiger partial charge in [-0.3, -0.25) is 0 Å². The fraction of sp³-hybridized carbons (Fsp3) is 0.125. The summed E-state index contributed by atoms with van der Waals surface area (Å²) in [6, 6.07) is 8.11. The van der Waals surface area contributed by atoms with Gasteiger partial charge in [0.25, 0.3) is 0 Å². The van der Waals surface area contributed by atoms with Crippen LogP contribution in [0.5, 0.6) is 0 Å². The molecule has 0 spiro atoms. The summed E-state index contributed by atoms with van der Waals surface area (Å²) in [7, 11) is 0. The molecule has 12 heavy (non-hydrogen) atoms. The van der Waals surface area contributed by atoms with Gasteiger partial charge in [-0.1, -0.05) is 30.3 Å². The Morgan fingerprint density at radius 1 is 1.33 bits per heavy atom. The van der Waals surface area contributed by atoms with Crippen molar-refractivity contribution >= 4 is 29.0 Å². The molecule has 0 aliphatic heterocycles. The molecule has 0 saturated heterocycles. The van der Waals surface area contributed by atoms with Crippen LogP contribution in [0, 0.1) is 0 Å². The third kappa shape index (κ3) is 2.81. The molecule has 1 N–H and O–H groups in total. The molecule has 0 bridgehead atoms. The van der Waals surface area contributed by atoms with Crippen molar-refractivity contribution in [3.8, 4) is 0 Å². The van der Waals surface area contributed by atoms with Crippen LogP contribution in [-0.4, -0.2) is 34.1 Å². The molecule has 58 valence electrons. The first-order valence-electron chi connectivity index (χ1n) is 3.15. The Hall–Kier alpha value is -0.584. The summed E-state index contributed by atoms with van der Waals surface area (Å²) in [5, 5.41) is 19.1. The average Bonchev–Trinajstić information content (AvgIpc) is 2.05. The number of carbonyl (C=O) groups is 1. The fourth-order valence-electron chi connectivity index (χ4n) is 0.771. The zero-order valence-electron chi connectivity index (χ0n) is 6.43. The van der Waals surface area contributed by atoms with Gasteiger partial charge in [-0.25, -0.2) is 0 Å². The molecule has 0 radical (unpaired) electrons. The Balaban J connectivity index is 0.00000121. The van der Waals surface area contributed by atoms with Crippen LogP contribution < -0.4 is 5.11 Å². The van der Waals surface area contributed by atoms with Gasteiger partial charge in [0.1, 0.15) is 6.10 Å². The van der Waals surface area contributed by atoms with Crippen LogP contribution in [0.1, 0.15) is 11.7 Å². The quantitative estimate of drug-likeness (QED) is 0.592. The molecule has 0 aromatic heterocycles. The van der Waals surface area contributed by atoms with Gasteiger partial charge in [-0.2, -0.15) is 0 Å². The van der Waals surface area contributed by atoms with Crippen LogP contribution >= 0.6 is 0 Å². The Bertz CT molecular complexity index is 248. The third-order valence-electron chi connectivity index (χ3n) is 1.34. The van der Waals surface area contributed by atoms with Gasteiger partial charge >= 0.3 is 23.1 Å². The van der Waals surface area contributed by atoms with E-state index in [9.17, 15) is 9.90 Å². The van der Waals surface area contributed by atoms with E-state index in [0.717, 1.165) is 0 Å². The predicted octanol–water partition coefficient (Wildman–Crippen LogP) is -0.911. The second-order valence-electron chi connectivity index (χ2n) is 2.13. The van der Waals surface area contributed by atoms with E-state index in [1.165, 1.54) is 12.1 Å². The van der Waals surface area contributed by atoms with Crippen molar-refractivity contribution in [2.45, 2.75) is 6.10 Å². The van der Waals surface area contributed by atoms with Crippen molar-refractivity contribution in [2.24, 2.45) is 0 Å². The maximum Gasteiger partial charge on any atom is 2.00 e. The third-order valence-corrected chi connectivity index (χ3v) is 1.34. The van der Waals surface area contributed by atoms with Crippen molar-refractivity contribution in [3.63, 3.8) is 0 Å². The summed E-state index contributed by atoms with van der Waals surface area (Å²) in [6.07, 6.45) is -1.52. The average molecular weight is 175 g/mol. The minimum Gasteiger partial charge on any atom is -0.547 e. The number of carboxylic acids is 1. The van der Waals surface area contributed by atoms with Crippen molar-refractivity contribution in [1.29, 1.82) is 0 Å². The van der Waals surface area contributed by atoms with E-state index in [4.69, 9.17) is 5.11 Å². The molecule has 0 amide bonds. The maximum absolute atomic E-state index is 10.1. The van der Waals surface area contributed by atoms with Crippen LogP contribution in [0.3, 0.4) is 0 Å². The number of hydrogen-bond acceptors (Lipinski definition) is 3. The van der Waals surface area contributed by atoms with Crippen LogP contribution in [0.15, 0.2) is 30.3 Å². The van der Waals surface area contributed by atoms with E-state index < -0.39 is 12.1 Å². The predicted molar refractivity (Wildman–Crippen MR) is 42.2 cm³/mol. The number of aliphatic carboxylic acids is 1. The Kier molecular flexibility index (Phi) is 4.88. The first-order valence-corrected chi connectivity index (χ1v) is 3.15. The molecule has 0 aliphatic rings. The molecule has 1 rings (SSSR count). The Morgan fingerprint density at radius 2 is 1.83 bits per heavy atom. The van der Waals surface area contributed by atoms with Crippen LogP contribution in [0.4, 0.5) is 0 Å². The SMILES string of the molecule is O=C([O-])C(O)c1ccccc1.[Mg+2]. The van der Waals surface area contributed by atoms with Gasteiger partial charge in [0.2, 0.25) is 0 Å². The molecule has 0 saturated carbocycles. The summed E-state index contributed by atoms with van der Waals surface area (Å²) in [4.78, 5) is 10.1. The van der Waals surface area contributed by atoms with E-state index >= 15 is 0 Å². The topological polar surface area (TPSA) is 60.4 Å². The minimum atomic E-state index is -1.52. The normalized spacial score (nSPS) is 11.4. The summed E-state index contributed by atoms with van der Waals surface area (Å²) < 4.78 is 0. The van der Waals surface area contributed by atoms with Gasteiger partial charge in [-0.15, -0.1) is 0 Å². The van der Waals surface area contributed by atoms with Crippen LogP contribution in [0.25, 0.3) is 0 Å². The molecule has 0 aliphatic carbocycles. The zero-order valence-corrected chi connectivity index (χ0v) is 7.85. The zero-order chi connectivity index (χ0) is 8.27. The Morgan fingerprint density at radius 3 is 2.25 bits per heavy atom. The number of carboxylic acid groups (broad SMARTS) is 1. The summed E-state index contributed by atoms with van der Waals surface area (Å²) in [5.41, 5.74) is 0.340. The van der Waals surface area contributed by atoms with Gasteiger partial charge in [0.05, 0.1) is 5.97 Å². The van der Waals surface area contributed by atoms with E-state index in [-0.39, 0.29) is 23.1 Å². The molecule has 1 atom stereocenters. The van der Waals surface area contributed by atoms with E-state index in [0.29, 0.717) is 5.56 Å². The molecule has 4 heteroatoms. The molecular formula is C8H7MgO3+. The molecule has 0 heterocycles. The number of benzene rings is 1. The van der Waals surface area contributed by atoms with Crippen LogP contribution in [-0.2, 0) is 4.79 Å². The van der Waals surface area contributed by atoms with Gasteiger partial charge < -0.3 is 15.0 Å². The maximum atomic E-state index is 10.1. The second-order valence-corrected chi connectivity index (χ2v) is 2.13. The van der Waals surface area contributed by atoms with Crippen molar-refractivity contribution in [2.75, 3.05) is 0 Å². The second kappa shape index (κ2) is 5.13. The van der Waals surface area contributed by atoms with E-state index in [2.05, 4.69) is 0 Å². The summed E-state index contributed by atoms with van der Waals surface area (Å²) in [5.74, 6) is -1.48. The number of aliphatic hydroxyl groups is 1. The first kappa shape index (κ1) is 11.4. The standard InChI is InChI=1S/C8H8O3.Mg/c9-7(8(10)11)6-4-2-1-3-5-6;/h1-5,7,9H,(H,10,11);/q;+2/p-1. The molecule has 3 nitrogen and oxygen atoms in total. The summed E-state index contributed by atoms with van der Waals surface area (Å²) in [6.45, 7) is 0. The number of aliphatic hydroxyl groups excluding tert-OH is 1. The molecule has 1 aromatic rings. The van der Waals surface area contributed by atoms with Crippen molar-refractivity contribution in [3.05, 3.63) is 35.9 Å². The van der Waals surface area contributed by atoms with E-state index in [1.807, 2.05) is 0 Å². The van der Waals surface area contributed by atoms with Crippen LogP contribution in [0.2, 0.25) is 0 Å². The minimum absolute atomic E-state index is 0. The largest absolute Gasteiger partial charge is 2.00 e. The van der Waals surface area contributed by atoms with Gasteiger partial charge in [0.15, 0.2) is 0 Å². The number of hydrogen-bond donors (Lipinski definition) is 1. The number of rotatable bonds is 2. The molecule has 0 fully saturated rings.